The first kappa shape index (κ1) is 38.9. The van der Waals surface area contributed by atoms with Crippen LogP contribution in [0.25, 0.3) is 10.4 Å². The van der Waals surface area contributed by atoms with Crippen molar-refractivity contribution in [1.82, 2.24) is 4.90 Å². The molecule has 2 aliphatic rings. The van der Waals surface area contributed by atoms with Crippen molar-refractivity contribution < 1.29 is 38.4 Å². The number of carbonyl (C=O) groups is 2. The van der Waals surface area contributed by atoms with Gasteiger partial charge in [0.05, 0.1) is 12.2 Å². The zero-order chi connectivity index (χ0) is 33.7. The number of rotatable bonds is 10. The number of hydrogen-bond acceptors (Lipinski definition) is 10. The Bertz CT molecular complexity index is 1040. The molecule has 0 spiro atoms. The zero-order valence-electron chi connectivity index (χ0n) is 28.6. The van der Waals surface area contributed by atoms with E-state index in [0.29, 0.717) is 32.1 Å². The lowest BCUT2D eigenvalue weighted by Crippen LogP contribution is -2.56. The van der Waals surface area contributed by atoms with Gasteiger partial charge in [-0.25, -0.2) is 0 Å². The lowest BCUT2D eigenvalue weighted by molar-refractivity contribution is -0.282. The highest BCUT2D eigenvalue weighted by molar-refractivity contribution is 5.91. The predicted molar refractivity (Wildman–Crippen MR) is 171 cm³/mol. The number of aliphatic hydroxyl groups is 1. The molecule has 0 aromatic heterocycles. The number of methoxy groups -OCH3 is 2. The van der Waals surface area contributed by atoms with Gasteiger partial charge in [-0.2, -0.15) is 0 Å². The van der Waals surface area contributed by atoms with E-state index in [4.69, 9.17) is 29.2 Å². The minimum absolute atomic E-state index is 0.0436. The fourth-order valence-electron chi connectivity index (χ4n) is 6.38. The molecular weight excluding hydrogens is 580 g/mol. The summed E-state index contributed by atoms with van der Waals surface area (Å²) in [6.45, 7) is 9.77. The van der Waals surface area contributed by atoms with Gasteiger partial charge in [-0.15, -0.1) is 0 Å². The number of carbonyl (C=O) groups excluding carboxylic acids is 2. The second-order valence-electron chi connectivity index (χ2n) is 12.9. The van der Waals surface area contributed by atoms with Gasteiger partial charge >= 0.3 is 5.97 Å². The third-order valence-corrected chi connectivity index (χ3v) is 9.07. The van der Waals surface area contributed by atoms with E-state index in [2.05, 4.69) is 10.0 Å². The molecule has 10 atom stereocenters. The number of esters is 1. The normalized spacial score (nSPS) is 34.4. The number of allylic oxidation sites excluding steroid dienone is 3. The molecule has 1 N–H and O–H groups in total. The van der Waals surface area contributed by atoms with Crippen molar-refractivity contribution in [3.8, 4) is 0 Å². The van der Waals surface area contributed by atoms with Gasteiger partial charge in [-0.1, -0.05) is 43.6 Å². The summed E-state index contributed by atoms with van der Waals surface area (Å²) in [4.78, 5) is 31.5. The minimum atomic E-state index is -0.901. The van der Waals surface area contributed by atoms with Gasteiger partial charge in [0.15, 0.2) is 18.4 Å². The molecule has 45 heavy (non-hydrogen) atoms. The summed E-state index contributed by atoms with van der Waals surface area (Å²) in [6.07, 6.45) is 4.37. The minimum Gasteiger partial charge on any atom is -0.462 e. The number of nitrogens with zero attached hydrogens (tertiary/aromatic N) is 4. The summed E-state index contributed by atoms with van der Waals surface area (Å²) < 4.78 is 29.9. The van der Waals surface area contributed by atoms with Crippen molar-refractivity contribution in [3.63, 3.8) is 0 Å². The summed E-state index contributed by atoms with van der Waals surface area (Å²) in [6, 6.07) is -0.161. The van der Waals surface area contributed by atoms with Crippen molar-refractivity contribution in [2.45, 2.75) is 116 Å². The number of cyclic esters (lactones) is 1. The molecule has 0 saturated carbocycles. The maximum absolute atomic E-state index is 13.4. The smallest absolute Gasteiger partial charge is 0.306 e. The maximum atomic E-state index is 13.4. The van der Waals surface area contributed by atoms with Gasteiger partial charge in [0, 0.05) is 56.4 Å². The molecule has 0 amide bonds. The molecule has 0 aliphatic carbocycles. The number of hydrogen-bond donors (Lipinski definition) is 1. The molecule has 2 heterocycles. The van der Waals surface area contributed by atoms with Crippen LogP contribution >= 0.6 is 0 Å². The van der Waals surface area contributed by atoms with Crippen molar-refractivity contribution in [2.75, 3.05) is 34.9 Å². The average Bonchev–Trinajstić information content (AvgIpc) is 3.01. The second kappa shape index (κ2) is 19.4. The van der Waals surface area contributed by atoms with Crippen molar-refractivity contribution in [1.29, 1.82) is 0 Å². The Labute approximate surface area is 269 Å². The number of ether oxygens (including phenoxy) is 5. The SMILES string of the molecule is CC[C@H]1OC(=O)CC[C@H](C)[C@@H](OC2OC(C)CC(N(C)C)C2O)[C@@H](CC(OC)OC)C[C@@H](C)C(=O)C=CC(C)=C[C@@H]1CN=[N+]=[N-]. The van der Waals surface area contributed by atoms with Crippen LogP contribution in [0.4, 0.5) is 0 Å². The van der Waals surface area contributed by atoms with Gasteiger partial charge < -0.3 is 33.7 Å². The Hall–Kier alpha value is -2.31. The molecule has 4 unspecified atom stereocenters. The van der Waals surface area contributed by atoms with Crippen molar-refractivity contribution in [3.05, 3.63) is 34.2 Å². The Morgan fingerprint density at radius 3 is 2.44 bits per heavy atom. The first-order valence-corrected chi connectivity index (χ1v) is 16.2. The lowest BCUT2D eigenvalue weighted by Gasteiger charge is -2.44. The Morgan fingerprint density at radius 2 is 1.84 bits per heavy atom. The average molecular weight is 637 g/mol. The largest absolute Gasteiger partial charge is 0.462 e. The summed E-state index contributed by atoms with van der Waals surface area (Å²) in [7, 11) is 6.99. The summed E-state index contributed by atoms with van der Waals surface area (Å²) in [5, 5.41) is 15.1. The van der Waals surface area contributed by atoms with Gasteiger partial charge in [0.2, 0.25) is 0 Å². The molecule has 0 radical (unpaired) electrons. The highest BCUT2D eigenvalue weighted by Gasteiger charge is 2.42. The van der Waals surface area contributed by atoms with Crippen LogP contribution in [0.15, 0.2) is 28.9 Å². The molecule has 0 aromatic rings. The van der Waals surface area contributed by atoms with E-state index in [0.717, 1.165) is 5.57 Å². The summed E-state index contributed by atoms with van der Waals surface area (Å²) in [5.74, 6) is -1.52. The van der Waals surface area contributed by atoms with Crippen molar-refractivity contribution >= 4 is 11.8 Å². The topological polar surface area (TPSA) is 153 Å². The van der Waals surface area contributed by atoms with Crippen LogP contribution in [0.3, 0.4) is 0 Å². The molecule has 0 bridgehead atoms. The fourth-order valence-corrected chi connectivity index (χ4v) is 6.38. The Balaban J connectivity index is 2.54. The number of aliphatic hydroxyl groups excluding tert-OH is 1. The van der Waals surface area contributed by atoms with Crippen LogP contribution in [-0.4, -0.2) is 99.7 Å². The molecule has 1 fully saturated rings. The van der Waals surface area contributed by atoms with Crippen LogP contribution in [-0.2, 0) is 33.3 Å². The van der Waals surface area contributed by atoms with Gasteiger partial charge in [-0.05, 0) is 77.1 Å². The maximum Gasteiger partial charge on any atom is 0.306 e. The van der Waals surface area contributed by atoms with E-state index >= 15 is 0 Å². The standard InChI is InChI=1S/C33H56N4O8/c1-10-28-25(19-35-36-34)15-20(2)11-13-27(38)22(4)16-24(18-30(41-8)42-9)32(21(3)12-14-29(39)44-28)45-33-31(40)26(37(6)7)17-23(5)43-33/h11,13,15,21-26,28,30-33,40H,10,12,14,16-19H2,1-9H3/t21-,22+,23?,24+,25+,26?,28+,31?,32+,33?/m0/s1. The molecule has 12 heteroatoms. The third kappa shape index (κ3) is 12.1. The van der Waals surface area contributed by atoms with E-state index < -0.39 is 30.9 Å². The molecule has 0 aromatic carbocycles. The molecule has 1 saturated heterocycles. The monoisotopic (exact) mass is 636 g/mol. The van der Waals surface area contributed by atoms with Gasteiger partial charge in [0.25, 0.3) is 0 Å². The van der Waals surface area contributed by atoms with E-state index in [-0.39, 0.29) is 60.5 Å². The van der Waals surface area contributed by atoms with E-state index in [1.807, 2.05) is 59.7 Å². The van der Waals surface area contributed by atoms with Gasteiger partial charge in [-0.3, -0.25) is 9.59 Å². The Kier molecular flexibility index (Phi) is 16.7. The quantitative estimate of drug-likeness (QED) is 0.112. The molecule has 2 aliphatic heterocycles. The molecule has 2 rings (SSSR count). The first-order chi connectivity index (χ1) is 21.3. The van der Waals surface area contributed by atoms with Crippen LogP contribution in [0.2, 0.25) is 0 Å². The van der Waals surface area contributed by atoms with Crippen LogP contribution in [0.5, 0.6) is 0 Å². The van der Waals surface area contributed by atoms with Crippen LogP contribution < -0.4 is 0 Å². The van der Waals surface area contributed by atoms with Crippen molar-refractivity contribution in [2.24, 2.45) is 28.8 Å². The lowest BCUT2D eigenvalue weighted by atomic mass is 9.80. The van der Waals surface area contributed by atoms with E-state index in [9.17, 15) is 14.7 Å². The predicted octanol–water partition coefficient (Wildman–Crippen LogP) is 5.20. The number of ketones is 1. The first-order valence-electron chi connectivity index (χ1n) is 16.2. The number of azide groups is 1. The fraction of sp³-hybridized carbons (Fsp3) is 0.818. The second-order valence-corrected chi connectivity index (χ2v) is 12.9. The van der Waals surface area contributed by atoms with E-state index in [1.54, 1.807) is 26.4 Å². The van der Waals surface area contributed by atoms with Crippen LogP contribution in [0, 0.1) is 23.7 Å². The molecule has 12 nitrogen and oxygen atoms in total. The third-order valence-electron chi connectivity index (χ3n) is 9.07. The van der Waals surface area contributed by atoms with E-state index in [1.165, 1.54) is 0 Å². The highest BCUT2D eigenvalue weighted by Crippen LogP contribution is 2.35. The van der Waals surface area contributed by atoms with Crippen LogP contribution in [0.1, 0.15) is 73.1 Å². The highest BCUT2D eigenvalue weighted by atomic mass is 16.7. The summed E-state index contributed by atoms with van der Waals surface area (Å²) >= 11 is 0. The molecular formula is C33H56N4O8. The number of likely N-dealkylation sites (N-methyl/N-ethyl adjacent to an activating group) is 1. The van der Waals surface area contributed by atoms with Gasteiger partial charge in [0.1, 0.15) is 12.2 Å². The summed E-state index contributed by atoms with van der Waals surface area (Å²) in [5.41, 5.74) is 9.74. The zero-order valence-corrected chi connectivity index (χ0v) is 28.6. The molecule has 256 valence electrons. The Morgan fingerprint density at radius 1 is 1.16 bits per heavy atom.